The minimum atomic E-state index is -1.56. The number of alkyl halides is 1. The number of anilines is 1. The Morgan fingerprint density at radius 1 is 0.658 bits per heavy atom. The highest BCUT2D eigenvalue weighted by atomic mass is 35.5. The molecule has 3 heterocycles. The van der Waals surface area contributed by atoms with Crippen molar-refractivity contribution in [2.75, 3.05) is 16.9 Å². The zero-order valence-corrected chi connectivity index (χ0v) is 45.1. The molecule has 0 radical (unpaired) electrons. The van der Waals surface area contributed by atoms with Gasteiger partial charge in [0.2, 0.25) is 5.60 Å². The quantitative estimate of drug-likeness (QED) is 0.0200. The molecule has 12 nitrogen and oxygen atoms in total. The van der Waals surface area contributed by atoms with E-state index in [2.05, 4.69) is 52.2 Å². The monoisotopic (exact) mass is 1100 g/mol. The van der Waals surface area contributed by atoms with Gasteiger partial charge < -0.3 is 24.9 Å². The normalized spacial score (nSPS) is 16.9. The van der Waals surface area contributed by atoms with Crippen LogP contribution in [0.2, 0.25) is 0 Å². The van der Waals surface area contributed by atoms with Gasteiger partial charge in [0.25, 0.3) is 11.8 Å². The molecule has 1 unspecified atom stereocenters. The first-order chi connectivity index (χ1) is 38.8. The minimum absolute atomic E-state index is 0.0254. The lowest BCUT2D eigenvalue weighted by molar-refractivity contribution is -0.176. The van der Waals surface area contributed by atoms with E-state index in [4.69, 9.17) is 30.9 Å². The molecule has 1 aromatic heterocycles. The number of thiazole rings is 1. The van der Waals surface area contributed by atoms with Crippen molar-refractivity contribution in [3.63, 3.8) is 0 Å². The molecule has 11 rings (SSSR count). The Labute approximate surface area is 471 Å². The van der Waals surface area contributed by atoms with Gasteiger partial charge in [-0.25, -0.2) is 14.6 Å². The maximum Gasteiger partial charge on any atom is 0.356 e. The number of aromatic nitrogens is 1. The van der Waals surface area contributed by atoms with E-state index in [1.165, 1.54) is 28.0 Å². The van der Waals surface area contributed by atoms with Crippen LogP contribution in [0.1, 0.15) is 82.5 Å². The lowest BCUT2D eigenvalue weighted by Gasteiger charge is -2.49. The number of ether oxygens (including phenoxy) is 2. The van der Waals surface area contributed by atoms with Gasteiger partial charge in [0, 0.05) is 29.9 Å². The fraction of sp³-hybridized carbons (Fsp3) is 0.188. The number of esters is 2. The van der Waals surface area contributed by atoms with Crippen molar-refractivity contribution in [2.24, 2.45) is 5.16 Å². The second kappa shape index (κ2) is 23.7. The molecule has 3 aliphatic rings. The number of benzene rings is 7. The van der Waals surface area contributed by atoms with Crippen molar-refractivity contribution in [3.05, 3.63) is 274 Å². The molecule has 2 fully saturated rings. The zero-order valence-electron chi connectivity index (χ0n) is 42.7. The van der Waals surface area contributed by atoms with Crippen LogP contribution in [0.4, 0.5) is 5.13 Å². The molecule has 1 saturated carbocycles. The number of nitrogens with zero attached hydrogens (tertiary/aromatic N) is 3. The summed E-state index contributed by atoms with van der Waals surface area (Å²) < 4.78 is 12.7. The molecule has 396 valence electrons. The van der Waals surface area contributed by atoms with Crippen LogP contribution in [0.25, 0.3) is 0 Å². The summed E-state index contributed by atoms with van der Waals surface area (Å²) in [6.45, 7) is 0. The topological polar surface area (TPSA) is 149 Å². The van der Waals surface area contributed by atoms with Gasteiger partial charge in [-0.15, -0.1) is 34.7 Å². The van der Waals surface area contributed by atoms with Crippen LogP contribution in [0.15, 0.2) is 234 Å². The fourth-order valence-electron chi connectivity index (χ4n) is 10.5. The fourth-order valence-corrected chi connectivity index (χ4v) is 13.0. The Bertz CT molecular complexity index is 3300. The van der Waals surface area contributed by atoms with Crippen molar-refractivity contribution in [1.29, 1.82) is 0 Å². The Balaban J connectivity index is 0.929. The molecule has 79 heavy (non-hydrogen) atoms. The number of halogens is 1. The number of carbonyl (C=O) groups is 4. The smallest absolute Gasteiger partial charge is 0.356 e. The van der Waals surface area contributed by atoms with Crippen LogP contribution in [0.3, 0.4) is 0 Å². The number of β-lactam (4-membered cyclic amide) rings is 1. The van der Waals surface area contributed by atoms with Gasteiger partial charge in [-0.2, -0.15) is 0 Å². The Kier molecular flexibility index (Phi) is 15.9. The largest absolute Gasteiger partial charge is 0.450 e. The van der Waals surface area contributed by atoms with Gasteiger partial charge >= 0.3 is 11.9 Å². The number of fused-ring (bicyclic) bond motifs is 1. The first-order valence-corrected chi connectivity index (χ1v) is 28.5. The van der Waals surface area contributed by atoms with E-state index in [1.54, 1.807) is 5.38 Å². The predicted molar refractivity (Wildman–Crippen MR) is 308 cm³/mol. The number of oxime groups is 1. The van der Waals surface area contributed by atoms with E-state index in [1.807, 2.05) is 176 Å². The van der Waals surface area contributed by atoms with Crippen molar-refractivity contribution in [1.82, 2.24) is 15.2 Å². The summed E-state index contributed by atoms with van der Waals surface area (Å²) in [6, 6.07) is 66.8. The number of carbonyl (C=O) groups excluding carboxylic acids is 4. The van der Waals surface area contributed by atoms with Gasteiger partial charge in [0.15, 0.2) is 23.1 Å². The number of hydrogen-bond acceptors (Lipinski definition) is 12. The summed E-state index contributed by atoms with van der Waals surface area (Å²) in [5, 5.41) is 12.7. The summed E-state index contributed by atoms with van der Waals surface area (Å²) in [5.41, 5.74) is 3.76. The molecule has 2 aliphatic heterocycles. The van der Waals surface area contributed by atoms with Crippen LogP contribution in [-0.2, 0) is 39.0 Å². The van der Waals surface area contributed by atoms with Crippen LogP contribution in [0.5, 0.6) is 0 Å². The summed E-state index contributed by atoms with van der Waals surface area (Å²) >= 11 is 9.13. The molecule has 0 bridgehead atoms. The molecule has 8 aromatic rings. The van der Waals surface area contributed by atoms with E-state index in [0.29, 0.717) is 29.3 Å². The molecule has 1 saturated heterocycles. The molecule has 15 heteroatoms. The van der Waals surface area contributed by atoms with E-state index in [0.717, 1.165) is 38.9 Å². The molecule has 0 spiro atoms. The number of hydrogen-bond donors (Lipinski definition) is 2. The number of thioether (sulfide) groups is 1. The average molecular weight is 1100 g/mol. The summed E-state index contributed by atoms with van der Waals surface area (Å²) in [4.78, 5) is 71.8. The lowest BCUT2D eigenvalue weighted by Crippen LogP contribution is -2.71. The number of nitrogens with one attached hydrogen (secondary N) is 2. The number of rotatable bonds is 19. The molecule has 1 aliphatic carbocycles. The second-order valence-corrected chi connectivity index (χ2v) is 21.6. The average Bonchev–Trinajstić information content (AvgIpc) is 4.35. The Morgan fingerprint density at radius 2 is 1.10 bits per heavy atom. The van der Waals surface area contributed by atoms with Crippen molar-refractivity contribution in [2.45, 2.75) is 60.4 Å². The minimum Gasteiger partial charge on any atom is -0.450 e. The third-order valence-corrected chi connectivity index (χ3v) is 16.9. The van der Waals surface area contributed by atoms with Gasteiger partial charge in [0.1, 0.15) is 28.3 Å². The highest BCUT2D eigenvalue weighted by Gasteiger charge is 2.55. The van der Waals surface area contributed by atoms with Gasteiger partial charge in [0.05, 0.1) is 0 Å². The van der Waals surface area contributed by atoms with Crippen molar-refractivity contribution < 1.29 is 33.5 Å². The van der Waals surface area contributed by atoms with Crippen LogP contribution < -0.4 is 10.6 Å². The highest BCUT2D eigenvalue weighted by Crippen LogP contribution is 2.44. The molecule has 2 atom stereocenters. The molecule has 2 N–H and O–H groups in total. The molecule has 7 aromatic carbocycles. The van der Waals surface area contributed by atoms with E-state index in [-0.39, 0.29) is 35.8 Å². The lowest BCUT2D eigenvalue weighted by atomic mass is 9.77. The summed E-state index contributed by atoms with van der Waals surface area (Å²) in [7, 11) is 0. The Morgan fingerprint density at radius 3 is 1.56 bits per heavy atom. The third-order valence-electron chi connectivity index (χ3n) is 14.5. The SMILES string of the molecule is O=C(NC1C(=O)N2C(C(=O)OC(c3ccccc3)c3ccccc3)=C(CCl)CS[C@H]12)C(=NOC1(C(=O)OC(c2ccccc2)c2ccccc2)CCCC1)c1csc(NC(c2ccccc2)(c2ccccc2)c2ccccc2)n1. The molecular formula is C64H54ClN5O7S2. The molecular weight excluding hydrogens is 1050 g/mol. The third kappa shape index (κ3) is 10.8. The van der Waals surface area contributed by atoms with E-state index < -0.39 is 58.5 Å². The zero-order chi connectivity index (χ0) is 54.2. The second-order valence-electron chi connectivity index (χ2n) is 19.4. The van der Waals surface area contributed by atoms with Crippen LogP contribution in [0, 0.1) is 0 Å². The summed E-state index contributed by atoms with van der Waals surface area (Å²) in [6.07, 6.45) is 0.297. The van der Waals surface area contributed by atoms with Crippen molar-refractivity contribution in [3.8, 4) is 0 Å². The van der Waals surface area contributed by atoms with Crippen LogP contribution in [-0.4, -0.2) is 68.0 Å². The van der Waals surface area contributed by atoms with Gasteiger partial charge in [-0.3, -0.25) is 14.5 Å². The first-order valence-electron chi connectivity index (χ1n) is 26.1. The predicted octanol–water partition coefficient (Wildman–Crippen LogP) is 12.1. The Hall–Kier alpha value is -8.30. The van der Waals surface area contributed by atoms with Crippen molar-refractivity contribution >= 4 is 69.3 Å². The maximum absolute atomic E-state index is 15.1. The first kappa shape index (κ1) is 52.7. The van der Waals surface area contributed by atoms with Gasteiger partial charge in [-0.05, 0) is 57.4 Å². The standard InChI is InChI=1S/C64H54ClN5O7S2/c65-40-47-41-78-59-53(58(72)70(59)54(47)60(73)75-55(43-24-8-1-9-25-43)44-26-10-2-11-27-44)67-57(71)52(69-77-63(38-22-23-39-63)61(74)76-56(45-28-12-3-13-29-45)46-30-14-4-15-31-46)51-42-79-62(66-51)68-64(48-32-16-5-17-33-48,49-34-18-6-19-35-49)50-36-20-7-21-37-50/h1-21,24-37,42,53,55-56,59H,22-23,38-41H2,(H,66,68)(H,67,71)/t53?,59-/m1/s1. The van der Waals surface area contributed by atoms with E-state index in [9.17, 15) is 14.4 Å². The number of amides is 2. The summed E-state index contributed by atoms with van der Waals surface area (Å²) in [5.74, 6) is -2.40. The maximum atomic E-state index is 15.1. The van der Waals surface area contributed by atoms with Gasteiger partial charge in [-0.1, -0.05) is 217 Å². The van der Waals surface area contributed by atoms with Crippen LogP contribution >= 0.6 is 34.7 Å². The highest BCUT2D eigenvalue weighted by molar-refractivity contribution is 8.00. The van der Waals surface area contributed by atoms with E-state index >= 15 is 4.79 Å². The molecule has 2 amide bonds.